The first-order chi connectivity index (χ1) is 11.8. The number of nitrogens with one attached hydrogen (secondary N) is 1. The Labute approximate surface area is 152 Å². The van der Waals surface area contributed by atoms with Crippen LogP contribution in [0.2, 0.25) is 0 Å². The van der Waals surface area contributed by atoms with Crippen LogP contribution in [-0.2, 0) is 17.6 Å². The zero-order valence-corrected chi connectivity index (χ0v) is 15.9. The molecule has 25 heavy (non-hydrogen) atoms. The van der Waals surface area contributed by atoms with Gasteiger partial charge in [0.1, 0.15) is 11.1 Å². The summed E-state index contributed by atoms with van der Waals surface area (Å²) in [5, 5.41) is 13.5. The maximum atomic E-state index is 12.8. The van der Waals surface area contributed by atoms with Crippen LogP contribution in [0.3, 0.4) is 0 Å². The highest BCUT2D eigenvalue weighted by molar-refractivity contribution is 7.20. The number of thiophene rings is 1. The molecule has 3 nitrogen and oxygen atoms in total. The van der Waals surface area contributed by atoms with E-state index in [2.05, 4.69) is 57.3 Å². The number of nitriles is 1. The van der Waals surface area contributed by atoms with Crippen LogP contribution in [0.5, 0.6) is 0 Å². The molecular formula is C21H22N2OS. The summed E-state index contributed by atoms with van der Waals surface area (Å²) >= 11 is 1.55. The summed E-state index contributed by atoms with van der Waals surface area (Å²) in [5.41, 5.74) is 4.26. The first-order valence-corrected chi connectivity index (χ1v) is 9.55. The van der Waals surface area contributed by atoms with Gasteiger partial charge in [0.15, 0.2) is 0 Å². The van der Waals surface area contributed by atoms with Crippen molar-refractivity contribution < 1.29 is 4.79 Å². The predicted molar refractivity (Wildman–Crippen MR) is 102 cm³/mol. The topological polar surface area (TPSA) is 52.9 Å². The molecule has 0 radical (unpaired) electrons. The van der Waals surface area contributed by atoms with Crippen molar-refractivity contribution >= 4 is 22.2 Å². The van der Waals surface area contributed by atoms with Crippen molar-refractivity contribution in [2.24, 2.45) is 16.7 Å². The van der Waals surface area contributed by atoms with Crippen LogP contribution < -0.4 is 5.32 Å². The van der Waals surface area contributed by atoms with E-state index in [4.69, 9.17) is 0 Å². The SMILES string of the molecule is CC1(C)C(C(=O)Nc2sc3c(c2C#N)CCc2ccccc2-3)C1(C)C. The lowest BCUT2D eigenvalue weighted by Crippen LogP contribution is -2.17. The Morgan fingerprint density at radius 1 is 1.20 bits per heavy atom. The van der Waals surface area contributed by atoms with Crippen LogP contribution >= 0.6 is 11.3 Å². The van der Waals surface area contributed by atoms with E-state index >= 15 is 0 Å². The van der Waals surface area contributed by atoms with E-state index in [0.29, 0.717) is 10.6 Å². The number of anilines is 1. The summed E-state index contributed by atoms with van der Waals surface area (Å²) < 4.78 is 0. The van der Waals surface area contributed by atoms with Crippen molar-refractivity contribution in [1.82, 2.24) is 0 Å². The third-order valence-electron chi connectivity index (χ3n) is 6.54. The minimum atomic E-state index is -0.0158. The molecule has 1 aromatic carbocycles. The molecule has 0 atom stereocenters. The highest BCUT2D eigenvalue weighted by atomic mass is 32.1. The second kappa shape index (κ2) is 5.19. The lowest BCUT2D eigenvalue weighted by atomic mass is 9.89. The van der Waals surface area contributed by atoms with Crippen LogP contribution in [0.4, 0.5) is 5.00 Å². The van der Waals surface area contributed by atoms with E-state index in [1.807, 2.05) is 6.07 Å². The Bertz CT molecular complexity index is 916. The van der Waals surface area contributed by atoms with Gasteiger partial charge in [-0.05, 0) is 40.4 Å². The molecule has 4 heteroatoms. The van der Waals surface area contributed by atoms with Gasteiger partial charge in [0, 0.05) is 10.8 Å². The average molecular weight is 350 g/mol. The zero-order chi connectivity index (χ0) is 18.0. The fourth-order valence-corrected chi connectivity index (χ4v) is 5.65. The third-order valence-corrected chi connectivity index (χ3v) is 7.73. The van der Waals surface area contributed by atoms with Crippen molar-refractivity contribution in [2.45, 2.75) is 40.5 Å². The predicted octanol–water partition coefficient (Wildman–Crippen LogP) is 5.01. The number of hydrogen-bond donors (Lipinski definition) is 1. The number of amides is 1. The number of carbonyl (C=O) groups excluding carboxylic acids is 1. The molecule has 0 saturated heterocycles. The third kappa shape index (κ3) is 2.19. The number of benzene rings is 1. The van der Waals surface area contributed by atoms with Gasteiger partial charge < -0.3 is 5.32 Å². The van der Waals surface area contributed by atoms with Crippen LogP contribution in [0.25, 0.3) is 10.4 Å². The van der Waals surface area contributed by atoms with Crippen molar-refractivity contribution in [3.05, 3.63) is 41.0 Å². The Balaban J connectivity index is 1.71. The molecule has 0 bridgehead atoms. The number of carbonyl (C=O) groups is 1. The quantitative estimate of drug-likeness (QED) is 0.828. The molecule has 1 saturated carbocycles. The minimum Gasteiger partial charge on any atom is -0.316 e. The van der Waals surface area contributed by atoms with Gasteiger partial charge in [0.25, 0.3) is 0 Å². The smallest absolute Gasteiger partial charge is 0.229 e. The van der Waals surface area contributed by atoms with Crippen molar-refractivity contribution in [3.63, 3.8) is 0 Å². The fourth-order valence-electron chi connectivity index (χ4n) is 4.38. The Morgan fingerprint density at radius 3 is 2.52 bits per heavy atom. The molecule has 1 N–H and O–H groups in total. The molecule has 0 aliphatic heterocycles. The van der Waals surface area contributed by atoms with E-state index in [1.165, 1.54) is 11.1 Å². The second-order valence-corrected chi connectivity index (χ2v) is 9.27. The van der Waals surface area contributed by atoms with Crippen LogP contribution in [0, 0.1) is 28.1 Å². The molecule has 1 amide bonds. The first-order valence-electron chi connectivity index (χ1n) is 8.74. The van der Waals surface area contributed by atoms with E-state index < -0.39 is 0 Å². The van der Waals surface area contributed by atoms with Gasteiger partial charge in [-0.15, -0.1) is 11.3 Å². The molecule has 1 fully saturated rings. The van der Waals surface area contributed by atoms with Gasteiger partial charge >= 0.3 is 0 Å². The highest BCUT2D eigenvalue weighted by Gasteiger charge is 2.68. The molecule has 2 aliphatic rings. The van der Waals surface area contributed by atoms with Crippen LogP contribution in [0.15, 0.2) is 24.3 Å². The van der Waals surface area contributed by atoms with Gasteiger partial charge in [0.2, 0.25) is 5.91 Å². The first kappa shape index (κ1) is 16.4. The van der Waals surface area contributed by atoms with Gasteiger partial charge in [0.05, 0.1) is 5.56 Å². The van der Waals surface area contributed by atoms with E-state index in [0.717, 1.165) is 23.3 Å². The maximum absolute atomic E-state index is 12.8. The molecule has 0 spiro atoms. The maximum Gasteiger partial charge on any atom is 0.229 e. The van der Waals surface area contributed by atoms with Gasteiger partial charge in [-0.1, -0.05) is 52.0 Å². The summed E-state index contributed by atoms with van der Waals surface area (Å²) in [4.78, 5) is 14.0. The number of aryl methyl sites for hydroxylation is 1. The number of nitrogens with zero attached hydrogens (tertiary/aromatic N) is 1. The largest absolute Gasteiger partial charge is 0.316 e. The average Bonchev–Trinajstić information content (AvgIpc) is 2.84. The lowest BCUT2D eigenvalue weighted by molar-refractivity contribution is -0.118. The minimum absolute atomic E-state index is 0.00658. The van der Waals surface area contributed by atoms with E-state index in [-0.39, 0.29) is 22.7 Å². The summed E-state index contributed by atoms with van der Waals surface area (Å²) in [5.74, 6) is 0.0244. The molecule has 2 aromatic rings. The van der Waals surface area contributed by atoms with Crippen molar-refractivity contribution in [3.8, 4) is 16.5 Å². The van der Waals surface area contributed by atoms with Gasteiger partial charge in [-0.3, -0.25) is 4.79 Å². The second-order valence-electron chi connectivity index (χ2n) is 8.25. The zero-order valence-electron chi connectivity index (χ0n) is 15.1. The normalized spacial score (nSPS) is 19.5. The van der Waals surface area contributed by atoms with Gasteiger partial charge in [-0.2, -0.15) is 5.26 Å². The summed E-state index contributed by atoms with van der Waals surface area (Å²) in [7, 11) is 0. The Kier molecular flexibility index (Phi) is 3.39. The van der Waals surface area contributed by atoms with Crippen molar-refractivity contribution in [1.29, 1.82) is 5.26 Å². The Hall–Kier alpha value is -2.12. The summed E-state index contributed by atoms with van der Waals surface area (Å²) in [6.07, 6.45) is 1.81. The molecule has 0 unspecified atom stereocenters. The van der Waals surface area contributed by atoms with Gasteiger partial charge in [-0.25, -0.2) is 0 Å². The number of rotatable bonds is 2. The standard InChI is InChI=1S/C21H22N2OS/c1-20(2)17(21(20,3)4)18(24)23-19-15(11-22)14-10-9-12-7-5-6-8-13(12)16(14)25-19/h5-8,17H,9-10H2,1-4H3,(H,23,24). The Morgan fingerprint density at radius 2 is 1.88 bits per heavy atom. The molecule has 1 heterocycles. The van der Waals surface area contributed by atoms with Crippen molar-refractivity contribution in [2.75, 3.05) is 5.32 Å². The molecule has 2 aliphatic carbocycles. The van der Waals surface area contributed by atoms with E-state index in [9.17, 15) is 10.1 Å². The molecule has 1 aromatic heterocycles. The van der Waals surface area contributed by atoms with E-state index in [1.54, 1.807) is 11.3 Å². The number of fused-ring (bicyclic) bond motifs is 3. The summed E-state index contributed by atoms with van der Waals surface area (Å²) in [6, 6.07) is 10.7. The molecule has 128 valence electrons. The molecular weight excluding hydrogens is 328 g/mol. The van der Waals surface area contributed by atoms with Crippen LogP contribution in [0.1, 0.15) is 44.4 Å². The number of hydrogen-bond acceptors (Lipinski definition) is 3. The monoisotopic (exact) mass is 350 g/mol. The summed E-state index contributed by atoms with van der Waals surface area (Å²) in [6.45, 7) is 8.55. The molecule has 4 rings (SSSR count). The lowest BCUT2D eigenvalue weighted by Gasteiger charge is -2.15. The highest BCUT2D eigenvalue weighted by Crippen LogP contribution is 2.68. The fraction of sp³-hybridized carbons (Fsp3) is 0.429. The van der Waals surface area contributed by atoms with Crippen LogP contribution in [-0.4, -0.2) is 5.91 Å².